The number of likely N-dealkylation sites (tertiary alicyclic amines) is 1. The Labute approximate surface area is 122 Å². The molecule has 5 heteroatoms. The summed E-state index contributed by atoms with van der Waals surface area (Å²) in [6.07, 6.45) is 7.63. The standard InChI is InChI=1S/C14H21BrN4/c15-14(5-6-14)10-18-7-1-3-11(9-18)13-17-16-12-4-2-8-19(12)13/h11H,1-10H2. The zero-order chi connectivity index (χ0) is 12.9. The van der Waals surface area contributed by atoms with Crippen molar-refractivity contribution in [3.8, 4) is 0 Å². The van der Waals surface area contributed by atoms with Gasteiger partial charge in [0.25, 0.3) is 0 Å². The van der Waals surface area contributed by atoms with Crippen molar-refractivity contribution in [1.29, 1.82) is 0 Å². The first-order chi connectivity index (χ1) is 9.23. The third-order valence-electron chi connectivity index (χ3n) is 4.81. The zero-order valence-electron chi connectivity index (χ0n) is 11.3. The lowest BCUT2D eigenvalue weighted by Crippen LogP contribution is -2.39. The molecule has 1 unspecified atom stereocenters. The maximum Gasteiger partial charge on any atom is 0.137 e. The van der Waals surface area contributed by atoms with Crippen molar-refractivity contribution >= 4 is 15.9 Å². The number of aromatic nitrogens is 3. The van der Waals surface area contributed by atoms with Crippen LogP contribution in [0.2, 0.25) is 0 Å². The van der Waals surface area contributed by atoms with Crippen LogP contribution in [0.25, 0.3) is 0 Å². The number of alkyl halides is 1. The van der Waals surface area contributed by atoms with Crippen LogP contribution in [-0.4, -0.2) is 43.6 Å². The van der Waals surface area contributed by atoms with Crippen molar-refractivity contribution in [2.24, 2.45) is 0 Å². The van der Waals surface area contributed by atoms with Crippen molar-refractivity contribution in [3.05, 3.63) is 11.6 Å². The van der Waals surface area contributed by atoms with Gasteiger partial charge in [-0.05, 0) is 38.6 Å². The Kier molecular flexibility index (Phi) is 2.95. The molecule has 2 fully saturated rings. The van der Waals surface area contributed by atoms with Crippen LogP contribution in [0.1, 0.15) is 49.7 Å². The van der Waals surface area contributed by atoms with Gasteiger partial charge in [0.1, 0.15) is 11.6 Å². The number of nitrogens with zero attached hydrogens (tertiary/aromatic N) is 4. The van der Waals surface area contributed by atoms with Gasteiger partial charge in [0.2, 0.25) is 0 Å². The minimum atomic E-state index is 0.446. The van der Waals surface area contributed by atoms with E-state index in [2.05, 4.69) is 35.6 Å². The largest absolute Gasteiger partial charge is 0.315 e. The van der Waals surface area contributed by atoms with Gasteiger partial charge >= 0.3 is 0 Å². The average molecular weight is 325 g/mol. The normalized spacial score (nSPS) is 29.4. The highest BCUT2D eigenvalue weighted by Gasteiger charge is 2.42. The van der Waals surface area contributed by atoms with Crippen LogP contribution in [0.3, 0.4) is 0 Å². The third-order valence-corrected chi connectivity index (χ3v) is 5.85. The Balaban J connectivity index is 1.48. The summed E-state index contributed by atoms with van der Waals surface area (Å²) in [6, 6.07) is 0. The van der Waals surface area contributed by atoms with Crippen LogP contribution in [0.4, 0.5) is 0 Å². The lowest BCUT2D eigenvalue weighted by molar-refractivity contribution is 0.201. The second-order valence-electron chi connectivity index (χ2n) is 6.45. The summed E-state index contributed by atoms with van der Waals surface area (Å²) < 4.78 is 2.83. The monoisotopic (exact) mass is 324 g/mol. The van der Waals surface area contributed by atoms with Crippen molar-refractivity contribution in [2.45, 2.75) is 55.3 Å². The third kappa shape index (κ3) is 2.35. The van der Waals surface area contributed by atoms with Crippen LogP contribution in [-0.2, 0) is 13.0 Å². The lowest BCUT2D eigenvalue weighted by Gasteiger charge is -2.33. The van der Waals surface area contributed by atoms with Gasteiger partial charge in [-0.2, -0.15) is 0 Å². The molecule has 0 spiro atoms. The van der Waals surface area contributed by atoms with Crippen LogP contribution >= 0.6 is 15.9 Å². The van der Waals surface area contributed by atoms with Crippen molar-refractivity contribution in [3.63, 3.8) is 0 Å². The van der Waals surface area contributed by atoms with Crippen molar-refractivity contribution in [1.82, 2.24) is 19.7 Å². The Morgan fingerprint density at radius 3 is 2.95 bits per heavy atom. The van der Waals surface area contributed by atoms with Crippen LogP contribution in [0, 0.1) is 0 Å². The molecule has 2 aliphatic heterocycles. The molecule has 1 saturated carbocycles. The first kappa shape index (κ1) is 12.3. The van der Waals surface area contributed by atoms with Crippen LogP contribution in [0.5, 0.6) is 0 Å². The van der Waals surface area contributed by atoms with Gasteiger partial charge in [0.15, 0.2) is 0 Å². The SMILES string of the molecule is BrC1(CN2CCCC(c3nnc4n3CCC4)C2)CC1. The molecule has 4 rings (SSSR count). The summed E-state index contributed by atoms with van der Waals surface area (Å²) in [6.45, 7) is 4.78. The number of halogens is 1. The Morgan fingerprint density at radius 2 is 2.11 bits per heavy atom. The summed E-state index contributed by atoms with van der Waals surface area (Å²) >= 11 is 3.87. The fraction of sp³-hybridized carbons (Fsp3) is 0.857. The summed E-state index contributed by atoms with van der Waals surface area (Å²) in [7, 11) is 0. The summed E-state index contributed by atoms with van der Waals surface area (Å²) in [4.78, 5) is 2.63. The highest BCUT2D eigenvalue weighted by molar-refractivity contribution is 9.10. The van der Waals surface area contributed by atoms with E-state index in [1.807, 2.05) is 0 Å². The molecule has 1 atom stereocenters. The van der Waals surface area contributed by atoms with Crippen LogP contribution in [0.15, 0.2) is 0 Å². The predicted octanol–water partition coefficient (Wildman–Crippen LogP) is 2.33. The van der Waals surface area contributed by atoms with Gasteiger partial charge in [0, 0.05) is 36.3 Å². The molecule has 1 saturated heterocycles. The van der Waals surface area contributed by atoms with Gasteiger partial charge in [0.05, 0.1) is 0 Å². The average Bonchev–Trinajstić information content (AvgIpc) is 2.82. The molecule has 19 heavy (non-hydrogen) atoms. The fourth-order valence-corrected chi connectivity index (χ4v) is 4.13. The van der Waals surface area contributed by atoms with Gasteiger partial charge in [-0.3, -0.25) is 0 Å². The maximum absolute atomic E-state index is 4.48. The molecule has 1 aromatic rings. The number of fused-ring (bicyclic) bond motifs is 1. The van der Waals surface area contributed by atoms with Crippen LogP contribution < -0.4 is 0 Å². The van der Waals surface area contributed by atoms with E-state index >= 15 is 0 Å². The molecule has 0 amide bonds. The van der Waals surface area contributed by atoms with E-state index in [1.165, 1.54) is 63.4 Å². The van der Waals surface area contributed by atoms with Gasteiger partial charge in [-0.1, -0.05) is 15.9 Å². The number of hydrogen-bond acceptors (Lipinski definition) is 3. The first-order valence-corrected chi connectivity index (χ1v) is 8.36. The van der Waals surface area contributed by atoms with Gasteiger partial charge < -0.3 is 9.47 Å². The maximum atomic E-state index is 4.48. The number of hydrogen-bond donors (Lipinski definition) is 0. The van der Waals surface area contributed by atoms with E-state index < -0.39 is 0 Å². The number of aryl methyl sites for hydroxylation is 1. The molecule has 0 N–H and O–H groups in total. The van der Waals surface area contributed by atoms with E-state index in [4.69, 9.17) is 0 Å². The van der Waals surface area contributed by atoms with E-state index in [1.54, 1.807) is 0 Å². The van der Waals surface area contributed by atoms with E-state index in [0.29, 0.717) is 10.2 Å². The molecule has 104 valence electrons. The van der Waals surface area contributed by atoms with Gasteiger partial charge in [-0.15, -0.1) is 10.2 Å². The second kappa shape index (κ2) is 4.55. The summed E-state index contributed by atoms with van der Waals surface area (Å²) in [5, 5.41) is 8.85. The van der Waals surface area contributed by atoms with Gasteiger partial charge in [-0.25, -0.2) is 0 Å². The minimum absolute atomic E-state index is 0.446. The molecule has 3 heterocycles. The molecule has 0 bridgehead atoms. The quantitative estimate of drug-likeness (QED) is 0.800. The second-order valence-corrected chi connectivity index (χ2v) is 8.14. The van der Waals surface area contributed by atoms with E-state index in [-0.39, 0.29) is 0 Å². The fourth-order valence-electron chi connectivity index (χ4n) is 3.58. The van der Waals surface area contributed by atoms with E-state index in [0.717, 1.165) is 13.0 Å². The first-order valence-electron chi connectivity index (χ1n) is 7.57. The Bertz CT molecular complexity index is 480. The molecule has 0 radical (unpaired) electrons. The molecule has 1 aromatic heterocycles. The summed E-state index contributed by atoms with van der Waals surface area (Å²) in [5.74, 6) is 3.07. The van der Waals surface area contributed by atoms with Crippen molar-refractivity contribution in [2.75, 3.05) is 19.6 Å². The summed E-state index contributed by atoms with van der Waals surface area (Å²) in [5.41, 5.74) is 0. The highest BCUT2D eigenvalue weighted by Crippen LogP contribution is 2.45. The Hall–Kier alpha value is -0.420. The number of rotatable bonds is 3. The molecule has 3 aliphatic rings. The number of piperidine rings is 1. The van der Waals surface area contributed by atoms with E-state index in [9.17, 15) is 0 Å². The zero-order valence-corrected chi connectivity index (χ0v) is 12.9. The minimum Gasteiger partial charge on any atom is -0.315 e. The predicted molar refractivity (Wildman–Crippen MR) is 77.7 cm³/mol. The lowest BCUT2D eigenvalue weighted by atomic mass is 9.97. The molecular formula is C14H21BrN4. The smallest absolute Gasteiger partial charge is 0.137 e. The topological polar surface area (TPSA) is 34.0 Å². The molecule has 0 aromatic carbocycles. The van der Waals surface area contributed by atoms with Crippen molar-refractivity contribution < 1.29 is 0 Å². The highest BCUT2D eigenvalue weighted by atomic mass is 79.9. The molecule has 4 nitrogen and oxygen atoms in total. The molecule has 1 aliphatic carbocycles. The molecular weight excluding hydrogens is 304 g/mol. The Morgan fingerprint density at radius 1 is 1.21 bits per heavy atom.